The molecule has 2 aromatic heterocycles. The molecule has 1 amide bonds. The number of hydrogen-bond donors (Lipinski definition) is 1. The van der Waals surface area contributed by atoms with Gasteiger partial charge in [0, 0.05) is 25.5 Å². The van der Waals surface area contributed by atoms with E-state index in [-0.39, 0.29) is 5.91 Å². The van der Waals surface area contributed by atoms with Crippen molar-refractivity contribution < 1.29 is 4.79 Å². The van der Waals surface area contributed by atoms with E-state index < -0.39 is 0 Å². The molecule has 1 N–H and O–H groups in total. The van der Waals surface area contributed by atoms with Crippen molar-refractivity contribution in [1.29, 1.82) is 0 Å². The number of fused-ring (bicyclic) bond motifs is 1. The lowest BCUT2D eigenvalue weighted by atomic mass is 10.2. The third-order valence-electron chi connectivity index (χ3n) is 3.61. The van der Waals surface area contributed by atoms with Crippen molar-refractivity contribution >= 4 is 71.3 Å². The van der Waals surface area contributed by atoms with Crippen molar-refractivity contribution in [3.8, 4) is 11.3 Å². The SMILES string of the molecule is O=C(Nc1nc(-c2ccc(Br)cc2)cs1)c1sc2ccccc2c1Cl. The summed E-state index contributed by atoms with van der Waals surface area (Å²) in [4.78, 5) is 17.6. The highest BCUT2D eigenvalue weighted by molar-refractivity contribution is 9.10. The van der Waals surface area contributed by atoms with E-state index in [1.165, 1.54) is 22.7 Å². The quantitative estimate of drug-likeness (QED) is 0.378. The summed E-state index contributed by atoms with van der Waals surface area (Å²) in [6.45, 7) is 0. The molecule has 4 rings (SSSR count). The van der Waals surface area contributed by atoms with Crippen molar-refractivity contribution in [2.75, 3.05) is 5.32 Å². The maximum atomic E-state index is 12.6. The van der Waals surface area contributed by atoms with Crippen LogP contribution >= 0.6 is 50.2 Å². The smallest absolute Gasteiger partial charge is 0.269 e. The first-order chi connectivity index (χ1) is 12.1. The Kier molecular flexibility index (Phi) is 4.60. The van der Waals surface area contributed by atoms with Crippen LogP contribution < -0.4 is 5.32 Å². The van der Waals surface area contributed by atoms with Gasteiger partial charge in [-0.05, 0) is 18.2 Å². The first-order valence-corrected chi connectivity index (χ1v) is 10.2. The number of halogens is 2. The van der Waals surface area contributed by atoms with Gasteiger partial charge in [-0.25, -0.2) is 4.98 Å². The summed E-state index contributed by atoms with van der Waals surface area (Å²) in [5.41, 5.74) is 1.83. The Labute approximate surface area is 165 Å². The van der Waals surface area contributed by atoms with Gasteiger partial charge >= 0.3 is 0 Å². The molecule has 0 atom stereocenters. The van der Waals surface area contributed by atoms with Crippen molar-refractivity contribution in [2.24, 2.45) is 0 Å². The molecule has 3 nitrogen and oxygen atoms in total. The minimum absolute atomic E-state index is 0.233. The number of thiophene rings is 1. The van der Waals surface area contributed by atoms with E-state index in [0.717, 1.165) is 25.8 Å². The topological polar surface area (TPSA) is 42.0 Å². The van der Waals surface area contributed by atoms with Crippen LogP contribution in [0.5, 0.6) is 0 Å². The summed E-state index contributed by atoms with van der Waals surface area (Å²) < 4.78 is 2.01. The third kappa shape index (κ3) is 3.35. The molecule has 0 fully saturated rings. The maximum Gasteiger partial charge on any atom is 0.269 e. The summed E-state index contributed by atoms with van der Waals surface area (Å²) in [7, 11) is 0. The number of carbonyl (C=O) groups excluding carboxylic acids is 1. The zero-order valence-electron chi connectivity index (χ0n) is 12.6. The number of aromatic nitrogens is 1. The highest BCUT2D eigenvalue weighted by Crippen LogP contribution is 2.36. The molecule has 2 aromatic carbocycles. The number of thiazole rings is 1. The van der Waals surface area contributed by atoms with Crippen LogP contribution in [0, 0.1) is 0 Å². The second-order valence-corrected chi connectivity index (χ2v) is 8.44. The Balaban J connectivity index is 1.58. The van der Waals surface area contributed by atoms with Gasteiger partial charge in [0.1, 0.15) is 4.88 Å². The Morgan fingerprint density at radius 3 is 2.64 bits per heavy atom. The zero-order chi connectivity index (χ0) is 17.4. The van der Waals surface area contributed by atoms with Gasteiger partial charge in [0.25, 0.3) is 5.91 Å². The molecule has 0 unspecified atom stereocenters. The van der Waals surface area contributed by atoms with Crippen LogP contribution in [-0.4, -0.2) is 10.9 Å². The maximum absolute atomic E-state index is 12.6. The zero-order valence-corrected chi connectivity index (χ0v) is 16.6. The van der Waals surface area contributed by atoms with Gasteiger partial charge in [0.2, 0.25) is 0 Å². The average Bonchev–Trinajstić information content (AvgIpc) is 3.21. The fourth-order valence-corrected chi connectivity index (χ4v) is 4.79. The highest BCUT2D eigenvalue weighted by Gasteiger charge is 2.18. The van der Waals surface area contributed by atoms with Crippen LogP contribution in [0.1, 0.15) is 9.67 Å². The second kappa shape index (κ2) is 6.88. The van der Waals surface area contributed by atoms with Gasteiger partial charge in [-0.2, -0.15) is 0 Å². The van der Waals surface area contributed by atoms with Gasteiger partial charge in [-0.1, -0.05) is 57.9 Å². The summed E-state index contributed by atoms with van der Waals surface area (Å²) in [5, 5.41) is 6.71. The summed E-state index contributed by atoms with van der Waals surface area (Å²) in [6, 6.07) is 15.6. The number of hydrogen-bond acceptors (Lipinski definition) is 4. The molecule has 0 aliphatic carbocycles. The van der Waals surface area contributed by atoms with E-state index in [1.54, 1.807) is 0 Å². The van der Waals surface area contributed by atoms with E-state index in [4.69, 9.17) is 11.6 Å². The second-order valence-electron chi connectivity index (χ2n) is 5.24. The van der Waals surface area contributed by atoms with Crippen molar-refractivity contribution in [3.63, 3.8) is 0 Å². The van der Waals surface area contributed by atoms with Gasteiger partial charge in [-0.15, -0.1) is 22.7 Å². The molecule has 4 aromatic rings. The lowest BCUT2D eigenvalue weighted by Crippen LogP contribution is -2.10. The van der Waals surface area contributed by atoms with Crippen LogP contribution in [0.15, 0.2) is 58.4 Å². The molecule has 124 valence electrons. The molecule has 2 heterocycles. The molecular formula is C18H10BrClN2OS2. The average molecular weight is 450 g/mol. The van der Waals surface area contributed by atoms with E-state index in [0.29, 0.717) is 15.0 Å². The van der Waals surface area contributed by atoms with Crippen LogP contribution in [0.4, 0.5) is 5.13 Å². The molecule has 0 bridgehead atoms. The van der Waals surface area contributed by atoms with Crippen LogP contribution in [0.3, 0.4) is 0 Å². The lowest BCUT2D eigenvalue weighted by molar-refractivity contribution is 0.103. The molecule has 0 aliphatic heterocycles. The number of anilines is 1. The number of nitrogens with zero attached hydrogens (tertiary/aromatic N) is 1. The molecule has 0 saturated heterocycles. The fourth-order valence-electron chi connectivity index (χ4n) is 2.40. The highest BCUT2D eigenvalue weighted by atomic mass is 79.9. The largest absolute Gasteiger partial charge is 0.297 e. The van der Waals surface area contributed by atoms with Crippen molar-refractivity contribution in [2.45, 2.75) is 0 Å². The summed E-state index contributed by atoms with van der Waals surface area (Å²) in [6.07, 6.45) is 0. The van der Waals surface area contributed by atoms with E-state index >= 15 is 0 Å². The number of carbonyl (C=O) groups is 1. The third-order valence-corrected chi connectivity index (χ3v) is 6.57. The minimum atomic E-state index is -0.233. The molecule has 0 saturated carbocycles. The van der Waals surface area contributed by atoms with E-state index in [2.05, 4.69) is 26.2 Å². The number of amides is 1. The number of benzene rings is 2. The Hall–Kier alpha value is -1.73. The van der Waals surface area contributed by atoms with Crippen LogP contribution in [0.25, 0.3) is 21.3 Å². The standard InChI is InChI=1S/C18H10BrClN2OS2/c19-11-7-5-10(6-8-11)13-9-24-18(21-13)22-17(23)16-15(20)12-3-1-2-4-14(12)25-16/h1-9H,(H,21,22,23). The van der Waals surface area contributed by atoms with Crippen LogP contribution in [-0.2, 0) is 0 Å². The Morgan fingerprint density at radius 2 is 1.88 bits per heavy atom. The molecule has 0 spiro atoms. The number of rotatable bonds is 3. The summed E-state index contributed by atoms with van der Waals surface area (Å²) >= 11 is 12.6. The molecule has 0 aliphatic rings. The summed E-state index contributed by atoms with van der Waals surface area (Å²) in [5.74, 6) is -0.233. The predicted molar refractivity (Wildman–Crippen MR) is 110 cm³/mol. The first-order valence-electron chi connectivity index (χ1n) is 7.31. The van der Waals surface area contributed by atoms with E-state index in [1.807, 2.05) is 53.9 Å². The van der Waals surface area contributed by atoms with Gasteiger partial charge in [0.15, 0.2) is 5.13 Å². The lowest BCUT2D eigenvalue weighted by Gasteiger charge is -2.00. The minimum Gasteiger partial charge on any atom is -0.297 e. The molecular weight excluding hydrogens is 440 g/mol. The predicted octanol–water partition coefficient (Wildman–Crippen LogP) is 6.69. The van der Waals surface area contributed by atoms with Crippen LogP contribution in [0.2, 0.25) is 5.02 Å². The number of nitrogens with one attached hydrogen (secondary N) is 1. The van der Waals surface area contributed by atoms with Crippen molar-refractivity contribution in [3.05, 3.63) is 68.3 Å². The first kappa shape index (κ1) is 16.7. The monoisotopic (exact) mass is 448 g/mol. The molecule has 7 heteroatoms. The Bertz CT molecular complexity index is 1070. The van der Waals surface area contributed by atoms with E-state index in [9.17, 15) is 4.79 Å². The fraction of sp³-hybridized carbons (Fsp3) is 0. The Morgan fingerprint density at radius 1 is 1.12 bits per heavy atom. The van der Waals surface area contributed by atoms with Gasteiger partial charge < -0.3 is 0 Å². The molecule has 0 radical (unpaired) electrons. The normalized spacial score (nSPS) is 11.0. The molecule has 25 heavy (non-hydrogen) atoms. The van der Waals surface area contributed by atoms with Gasteiger partial charge in [0.05, 0.1) is 10.7 Å². The van der Waals surface area contributed by atoms with Gasteiger partial charge in [-0.3, -0.25) is 10.1 Å². The van der Waals surface area contributed by atoms with Crippen molar-refractivity contribution in [1.82, 2.24) is 4.98 Å².